The van der Waals surface area contributed by atoms with E-state index in [1.165, 1.54) is 0 Å². The van der Waals surface area contributed by atoms with E-state index >= 15 is 0 Å². The first-order chi connectivity index (χ1) is 12.9. The summed E-state index contributed by atoms with van der Waals surface area (Å²) in [5.41, 5.74) is 3.14. The number of fused-ring (bicyclic) bond motifs is 1. The molecule has 1 aliphatic heterocycles. The number of rotatable bonds is 7. The average molecular weight is 350 g/mol. The Balaban J connectivity index is 1.51. The van der Waals surface area contributed by atoms with Crippen LogP contribution in [0.3, 0.4) is 0 Å². The molecular formula is C21H22N2O3. The Hall–Kier alpha value is -2.47. The van der Waals surface area contributed by atoms with Crippen molar-refractivity contribution in [1.82, 2.24) is 9.55 Å². The first-order valence-corrected chi connectivity index (χ1v) is 8.80. The van der Waals surface area contributed by atoms with Crippen molar-refractivity contribution in [2.24, 2.45) is 0 Å². The minimum Gasteiger partial charge on any atom is -0.394 e. The van der Waals surface area contributed by atoms with Crippen LogP contribution in [0.5, 0.6) is 0 Å². The molecule has 1 N–H and O–H groups in total. The number of nitrogens with zero attached hydrogens (tertiary/aromatic N) is 2. The highest BCUT2D eigenvalue weighted by Gasteiger charge is 2.42. The molecule has 0 saturated carbocycles. The number of aliphatic hydroxyl groups excluding tert-OH is 1. The van der Waals surface area contributed by atoms with Crippen LogP contribution in [0.2, 0.25) is 0 Å². The van der Waals surface area contributed by atoms with Crippen LogP contribution in [0.15, 0.2) is 73.2 Å². The highest BCUT2D eigenvalue weighted by molar-refractivity contribution is 5.18. The Bertz CT molecular complexity index is 820. The molecule has 134 valence electrons. The number of benzene rings is 2. The Kier molecular flexibility index (Phi) is 5.11. The van der Waals surface area contributed by atoms with Gasteiger partial charge in [-0.05, 0) is 11.1 Å². The lowest BCUT2D eigenvalue weighted by atomic mass is 10.1. The third-order valence-electron chi connectivity index (χ3n) is 4.77. The minimum atomic E-state index is -0.265. The van der Waals surface area contributed by atoms with Gasteiger partial charge in [0.05, 0.1) is 44.1 Å². The van der Waals surface area contributed by atoms with Gasteiger partial charge in [0.15, 0.2) is 0 Å². The van der Waals surface area contributed by atoms with Gasteiger partial charge in [0, 0.05) is 0 Å². The Morgan fingerprint density at radius 1 is 0.885 bits per heavy atom. The van der Waals surface area contributed by atoms with Crippen molar-refractivity contribution >= 4 is 0 Å². The standard InChI is InChI=1S/C21H22N2O3/c24-12-19-21(26-14-17-9-5-2-6-10-17)20(18-11-22-15-23(18)19)25-13-16-7-3-1-4-8-16/h1-11,15,19-21,24H,12-14H2/t19-,20-,21+/m0/s1. The number of hydrogen-bond donors (Lipinski definition) is 1. The average Bonchev–Trinajstić information content (AvgIpc) is 3.27. The van der Waals surface area contributed by atoms with Gasteiger partial charge < -0.3 is 19.1 Å². The molecule has 3 atom stereocenters. The SMILES string of the molecule is OC[C@H]1[C@@H](OCc2ccccc2)[C@@H](OCc2ccccc2)c2cncn21. The first-order valence-electron chi connectivity index (χ1n) is 8.80. The van der Waals surface area contributed by atoms with Crippen molar-refractivity contribution in [2.45, 2.75) is 31.5 Å². The summed E-state index contributed by atoms with van der Waals surface area (Å²) < 4.78 is 14.4. The second-order valence-electron chi connectivity index (χ2n) is 6.45. The van der Waals surface area contributed by atoms with Gasteiger partial charge >= 0.3 is 0 Å². The molecule has 0 fully saturated rings. The first kappa shape index (κ1) is 17.0. The van der Waals surface area contributed by atoms with Crippen LogP contribution in [0.4, 0.5) is 0 Å². The quantitative estimate of drug-likeness (QED) is 0.710. The maximum Gasteiger partial charge on any atom is 0.128 e. The largest absolute Gasteiger partial charge is 0.394 e. The van der Waals surface area contributed by atoms with Crippen molar-refractivity contribution in [1.29, 1.82) is 0 Å². The summed E-state index contributed by atoms with van der Waals surface area (Å²) in [7, 11) is 0. The van der Waals surface area contributed by atoms with Crippen LogP contribution in [0, 0.1) is 0 Å². The molecule has 26 heavy (non-hydrogen) atoms. The van der Waals surface area contributed by atoms with Crippen molar-refractivity contribution in [3.63, 3.8) is 0 Å². The molecule has 5 heteroatoms. The monoisotopic (exact) mass is 350 g/mol. The molecule has 2 aromatic carbocycles. The number of aliphatic hydroxyl groups is 1. The molecule has 5 nitrogen and oxygen atoms in total. The van der Waals surface area contributed by atoms with Crippen molar-refractivity contribution < 1.29 is 14.6 Å². The van der Waals surface area contributed by atoms with E-state index in [1.54, 1.807) is 12.5 Å². The van der Waals surface area contributed by atoms with Crippen molar-refractivity contribution in [2.75, 3.05) is 6.61 Å². The fourth-order valence-electron chi connectivity index (χ4n) is 3.44. The molecule has 3 aromatic rings. The van der Waals surface area contributed by atoms with Crippen LogP contribution in [0.25, 0.3) is 0 Å². The van der Waals surface area contributed by atoms with Crippen LogP contribution >= 0.6 is 0 Å². The Morgan fingerprint density at radius 2 is 1.50 bits per heavy atom. The van der Waals surface area contributed by atoms with Gasteiger partial charge in [-0.15, -0.1) is 0 Å². The third kappa shape index (κ3) is 3.42. The summed E-state index contributed by atoms with van der Waals surface area (Å²) in [5.74, 6) is 0. The van der Waals surface area contributed by atoms with Crippen LogP contribution in [-0.4, -0.2) is 27.4 Å². The van der Waals surface area contributed by atoms with Gasteiger partial charge in [0.25, 0.3) is 0 Å². The van der Waals surface area contributed by atoms with E-state index in [9.17, 15) is 5.11 Å². The molecule has 1 aliphatic rings. The molecule has 0 spiro atoms. The van der Waals surface area contributed by atoms with Gasteiger partial charge in [-0.1, -0.05) is 60.7 Å². The number of hydrogen-bond acceptors (Lipinski definition) is 4. The van der Waals surface area contributed by atoms with Crippen molar-refractivity contribution in [3.8, 4) is 0 Å². The predicted octanol–water partition coefficient (Wildman–Crippen LogP) is 3.27. The van der Waals surface area contributed by atoms with E-state index < -0.39 is 0 Å². The lowest BCUT2D eigenvalue weighted by Gasteiger charge is -2.24. The summed E-state index contributed by atoms with van der Waals surface area (Å²) in [5, 5.41) is 9.92. The number of aromatic nitrogens is 2. The third-order valence-corrected chi connectivity index (χ3v) is 4.77. The number of ether oxygens (including phenoxy) is 2. The van der Waals surface area contributed by atoms with E-state index in [1.807, 2.05) is 65.2 Å². The van der Waals surface area contributed by atoms with Gasteiger partial charge in [0.2, 0.25) is 0 Å². The molecule has 0 unspecified atom stereocenters. The minimum absolute atomic E-state index is 0.0198. The van der Waals surface area contributed by atoms with E-state index in [2.05, 4.69) is 4.98 Å². The van der Waals surface area contributed by atoms with Gasteiger partial charge in [-0.3, -0.25) is 0 Å². The maximum absolute atomic E-state index is 9.92. The maximum atomic E-state index is 9.92. The Labute approximate surface area is 152 Å². The Morgan fingerprint density at radius 3 is 2.12 bits per heavy atom. The summed E-state index contributed by atoms with van der Waals surface area (Å²) >= 11 is 0. The second-order valence-corrected chi connectivity index (χ2v) is 6.45. The number of imidazole rings is 1. The van der Waals surface area contributed by atoms with Crippen LogP contribution in [0.1, 0.15) is 29.0 Å². The van der Waals surface area contributed by atoms with E-state index in [-0.39, 0.29) is 24.9 Å². The molecule has 0 amide bonds. The normalized spacial score (nSPS) is 21.7. The molecule has 0 saturated heterocycles. The van der Waals surface area contributed by atoms with E-state index in [0.717, 1.165) is 16.8 Å². The fourth-order valence-corrected chi connectivity index (χ4v) is 3.44. The highest BCUT2D eigenvalue weighted by Crippen LogP contribution is 2.39. The topological polar surface area (TPSA) is 56.5 Å². The molecule has 2 heterocycles. The summed E-state index contributed by atoms with van der Waals surface area (Å²) in [4.78, 5) is 4.22. The van der Waals surface area contributed by atoms with Gasteiger partial charge in [-0.2, -0.15) is 0 Å². The molecule has 0 radical (unpaired) electrons. The zero-order chi connectivity index (χ0) is 17.8. The van der Waals surface area contributed by atoms with Crippen LogP contribution < -0.4 is 0 Å². The van der Waals surface area contributed by atoms with Crippen LogP contribution in [-0.2, 0) is 22.7 Å². The molecule has 1 aromatic heterocycles. The molecular weight excluding hydrogens is 328 g/mol. The van der Waals surface area contributed by atoms with E-state index in [0.29, 0.717) is 13.2 Å². The summed E-state index contributed by atoms with van der Waals surface area (Å²) in [6.45, 7) is 0.944. The zero-order valence-corrected chi connectivity index (χ0v) is 14.4. The predicted molar refractivity (Wildman–Crippen MR) is 97.3 cm³/mol. The summed E-state index contributed by atoms with van der Waals surface area (Å²) in [6, 6.07) is 19.9. The second kappa shape index (κ2) is 7.83. The zero-order valence-electron chi connectivity index (χ0n) is 14.4. The van der Waals surface area contributed by atoms with Gasteiger partial charge in [0.1, 0.15) is 12.2 Å². The van der Waals surface area contributed by atoms with Crippen molar-refractivity contribution in [3.05, 3.63) is 90.0 Å². The lowest BCUT2D eigenvalue weighted by molar-refractivity contribution is -0.0965. The summed E-state index contributed by atoms with van der Waals surface area (Å²) in [6.07, 6.45) is 3.01. The lowest BCUT2D eigenvalue weighted by Crippen LogP contribution is -2.28. The molecule has 0 aliphatic carbocycles. The highest BCUT2D eigenvalue weighted by atomic mass is 16.5. The fraction of sp³-hybridized carbons (Fsp3) is 0.286. The molecule has 4 rings (SSSR count). The smallest absolute Gasteiger partial charge is 0.128 e. The van der Waals surface area contributed by atoms with Gasteiger partial charge in [-0.25, -0.2) is 4.98 Å². The van der Waals surface area contributed by atoms with E-state index in [4.69, 9.17) is 9.47 Å². The molecule has 0 bridgehead atoms.